The monoisotopic (exact) mass is 297 g/mol. The van der Waals surface area contributed by atoms with Crippen LogP contribution in [0.5, 0.6) is 0 Å². The van der Waals surface area contributed by atoms with E-state index in [2.05, 4.69) is 15.3 Å². The molecule has 0 spiro atoms. The summed E-state index contributed by atoms with van der Waals surface area (Å²) in [5, 5.41) is 2.79. The smallest absolute Gasteiger partial charge is 0.237 e. The number of aromatic nitrogens is 2. The number of nitrogens with zero attached hydrogens (tertiary/aromatic N) is 1. The summed E-state index contributed by atoms with van der Waals surface area (Å²) in [6, 6.07) is 15.8. The van der Waals surface area contributed by atoms with E-state index < -0.39 is 0 Å². The number of aromatic amines is 1. The number of aryl methyl sites for hydroxylation is 1. The number of fused-ring (bicyclic) bond motifs is 1. The lowest BCUT2D eigenvalue weighted by Crippen LogP contribution is -2.14. The predicted octanol–water partition coefficient (Wildman–Crippen LogP) is 3.60. The van der Waals surface area contributed by atoms with Crippen molar-refractivity contribution in [2.45, 2.75) is 11.8 Å². The number of carbonyl (C=O) groups is 1. The highest BCUT2D eigenvalue weighted by molar-refractivity contribution is 8.00. The third-order valence-electron chi connectivity index (χ3n) is 3.04. The van der Waals surface area contributed by atoms with Gasteiger partial charge in [-0.1, -0.05) is 29.8 Å². The van der Waals surface area contributed by atoms with Crippen LogP contribution in [0.25, 0.3) is 11.0 Å². The number of imidazole rings is 1. The van der Waals surface area contributed by atoms with Crippen molar-refractivity contribution in [1.29, 1.82) is 0 Å². The molecule has 0 saturated heterocycles. The molecule has 2 aromatic carbocycles. The number of para-hydroxylation sites is 2. The molecule has 0 unspecified atom stereocenters. The topological polar surface area (TPSA) is 57.8 Å². The molecule has 0 radical (unpaired) electrons. The lowest BCUT2D eigenvalue weighted by Gasteiger charge is -2.02. The molecule has 0 atom stereocenters. The van der Waals surface area contributed by atoms with Gasteiger partial charge in [-0.3, -0.25) is 10.1 Å². The highest BCUT2D eigenvalue weighted by Gasteiger charge is 2.07. The first kappa shape index (κ1) is 13.7. The average molecular weight is 297 g/mol. The van der Waals surface area contributed by atoms with Gasteiger partial charge in [0, 0.05) is 4.90 Å². The fraction of sp³-hybridized carbons (Fsp3) is 0.125. The van der Waals surface area contributed by atoms with Crippen molar-refractivity contribution < 1.29 is 4.79 Å². The van der Waals surface area contributed by atoms with Crippen LogP contribution < -0.4 is 5.32 Å². The van der Waals surface area contributed by atoms with Crippen LogP contribution in [0, 0.1) is 6.92 Å². The Balaban J connectivity index is 1.59. The Morgan fingerprint density at radius 2 is 1.95 bits per heavy atom. The Bertz CT molecular complexity index is 732. The van der Waals surface area contributed by atoms with E-state index in [1.807, 2.05) is 55.5 Å². The molecule has 0 aliphatic rings. The molecule has 1 heterocycles. The van der Waals surface area contributed by atoms with Gasteiger partial charge in [0.25, 0.3) is 0 Å². The molecule has 0 fully saturated rings. The summed E-state index contributed by atoms with van der Waals surface area (Å²) < 4.78 is 0. The van der Waals surface area contributed by atoms with Crippen molar-refractivity contribution in [2.75, 3.05) is 11.1 Å². The van der Waals surface area contributed by atoms with Gasteiger partial charge in [-0.05, 0) is 31.2 Å². The SMILES string of the molecule is Cc1ccc(SCC(=O)Nc2nc3ccccc3[nH]2)cc1. The molecule has 3 rings (SSSR count). The summed E-state index contributed by atoms with van der Waals surface area (Å²) in [4.78, 5) is 20.4. The molecule has 1 amide bonds. The summed E-state index contributed by atoms with van der Waals surface area (Å²) in [5.74, 6) is 0.783. The van der Waals surface area contributed by atoms with E-state index in [0.717, 1.165) is 15.9 Å². The predicted molar refractivity (Wildman–Crippen MR) is 86.6 cm³/mol. The molecular formula is C16H15N3OS. The number of anilines is 1. The molecule has 0 bridgehead atoms. The van der Waals surface area contributed by atoms with Crippen molar-refractivity contribution in [1.82, 2.24) is 9.97 Å². The van der Waals surface area contributed by atoms with Crippen LogP contribution in [0.4, 0.5) is 5.95 Å². The van der Waals surface area contributed by atoms with Crippen LogP contribution >= 0.6 is 11.8 Å². The van der Waals surface area contributed by atoms with Gasteiger partial charge < -0.3 is 4.98 Å². The number of thioether (sulfide) groups is 1. The molecular weight excluding hydrogens is 282 g/mol. The molecule has 1 aromatic heterocycles. The van der Waals surface area contributed by atoms with Crippen LogP contribution in [0.1, 0.15) is 5.56 Å². The van der Waals surface area contributed by atoms with Crippen molar-refractivity contribution in [3.8, 4) is 0 Å². The molecule has 106 valence electrons. The summed E-state index contributed by atoms with van der Waals surface area (Å²) in [7, 11) is 0. The van der Waals surface area contributed by atoms with Gasteiger partial charge >= 0.3 is 0 Å². The van der Waals surface area contributed by atoms with E-state index >= 15 is 0 Å². The average Bonchev–Trinajstić information content (AvgIpc) is 2.88. The molecule has 0 saturated carbocycles. The van der Waals surface area contributed by atoms with E-state index in [1.54, 1.807) is 0 Å². The number of H-pyrrole nitrogens is 1. The van der Waals surface area contributed by atoms with Crippen LogP contribution in [0.15, 0.2) is 53.4 Å². The second-order valence-corrected chi connectivity index (χ2v) is 5.80. The minimum absolute atomic E-state index is 0.0698. The number of benzene rings is 2. The van der Waals surface area contributed by atoms with Crippen LogP contribution in [0.2, 0.25) is 0 Å². The highest BCUT2D eigenvalue weighted by Crippen LogP contribution is 2.19. The Hall–Kier alpha value is -2.27. The van der Waals surface area contributed by atoms with Crippen LogP contribution in [-0.4, -0.2) is 21.6 Å². The Labute approximate surface area is 127 Å². The molecule has 0 aliphatic heterocycles. The van der Waals surface area contributed by atoms with E-state index in [4.69, 9.17) is 0 Å². The first-order valence-corrected chi connectivity index (χ1v) is 7.63. The summed E-state index contributed by atoms with van der Waals surface area (Å²) in [6.07, 6.45) is 0. The zero-order valence-electron chi connectivity index (χ0n) is 11.6. The molecule has 2 N–H and O–H groups in total. The number of rotatable bonds is 4. The maximum atomic E-state index is 11.9. The van der Waals surface area contributed by atoms with Crippen LogP contribution in [-0.2, 0) is 4.79 Å². The summed E-state index contributed by atoms with van der Waals surface area (Å²) in [5.41, 5.74) is 2.98. The molecule has 0 aliphatic carbocycles. The molecule has 4 nitrogen and oxygen atoms in total. The first-order valence-electron chi connectivity index (χ1n) is 6.65. The fourth-order valence-electron chi connectivity index (χ4n) is 1.96. The van der Waals surface area contributed by atoms with Crippen LogP contribution in [0.3, 0.4) is 0 Å². The van der Waals surface area contributed by atoms with E-state index in [0.29, 0.717) is 11.7 Å². The minimum atomic E-state index is -0.0698. The first-order chi connectivity index (χ1) is 10.2. The maximum Gasteiger partial charge on any atom is 0.237 e. The van der Waals surface area contributed by atoms with Gasteiger partial charge in [-0.15, -0.1) is 11.8 Å². The lowest BCUT2D eigenvalue weighted by molar-refractivity contribution is -0.113. The number of hydrogen-bond acceptors (Lipinski definition) is 3. The van der Waals surface area contributed by atoms with Gasteiger partial charge in [-0.2, -0.15) is 0 Å². The number of amides is 1. The largest absolute Gasteiger partial charge is 0.324 e. The standard InChI is InChI=1S/C16H15N3OS/c1-11-6-8-12(9-7-11)21-10-15(20)19-16-17-13-4-2-3-5-14(13)18-16/h2-9H,10H2,1H3,(H2,17,18,19,20). The third-order valence-corrected chi connectivity index (χ3v) is 4.05. The maximum absolute atomic E-state index is 11.9. The van der Waals surface area contributed by atoms with Gasteiger partial charge in [0.05, 0.1) is 16.8 Å². The molecule has 21 heavy (non-hydrogen) atoms. The second kappa shape index (κ2) is 6.01. The van der Waals surface area contributed by atoms with E-state index in [-0.39, 0.29) is 5.91 Å². The van der Waals surface area contributed by atoms with Gasteiger partial charge in [-0.25, -0.2) is 4.98 Å². The van der Waals surface area contributed by atoms with E-state index in [9.17, 15) is 4.79 Å². The summed E-state index contributed by atoms with van der Waals surface area (Å²) >= 11 is 1.51. The zero-order valence-corrected chi connectivity index (χ0v) is 12.4. The number of hydrogen-bond donors (Lipinski definition) is 2. The Kier molecular flexibility index (Phi) is 3.92. The second-order valence-electron chi connectivity index (χ2n) is 4.75. The van der Waals surface area contributed by atoms with Gasteiger partial charge in [0.1, 0.15) is 0 Å². The lowest BCUT2D eigenvalue weighted by atomic mass is 10.2. The minimum Gasteiger partial charge on any atom is -0.324 e. The van der Waals surface area contributed by atoms with Gasteiger partial charge in [0.2, 0.25) is 11.9 Å². The quantitative estimate of drug-likeness (QED) is 0.723. The van der Waals surface area contributed by atoms with Gasteiger partial charge in [0.15, 0.2) is 0 Å². The van der Waals surface area contributed by atoms with E-state index in [1.165, 1.54) is 17.3 Å². The van der Waals surface area contributed by atoms with Crippen molar-refractivity contribution in [2.24, 2.45) is 0 Å². The molecule has 3 aromatic rings. The summed E-state index contributed by atoms with van der Waals surface area (Å²) in [6.45, 7) is 2.04. The number of nitrogens with one attached hydrogen (secondary N) is 2. The zero-order chi connectivity index (χ0) is 14.7. The number of carbonyl (C=O) groups excluding carboxylic acids is 1. The van der Waals surface area contributed by atoms with Crippen molar-refractivity contribution in [3.63, 3.8) is 0 Å². The highest BCUT2D eigenvalue weighted by atomic mass is 32.2. The van der Waals surface area contributed by atoms with Crippen molar-refractivity contribution >= 4 is 34.7 Å². The third kappa shape index (κ3) is 3.44. The fourth-order valence-corrected chi connectivity index (χ4v) is 2.66. The Morgan fingerprint density at radius 3 is 2.71 bits per heavy atom. The van der Waals surface area contributed by atoms with Crippen molar-refractivity contribution in [3.05, 3.63) is 54.1 Å². The Morgan fingerprint density at radius 1 is 1.19 bits per heavy atom. The molecule has 5 heteroatoms. The normalized spacial score (nSPS) is 10.7.